The first-order chi connectivity index (χ1) is 15.3. The Labute approximate surface area is 187 Å². The summed E-state index contributed by atoms with van der Waals surface area (Å²) in [5, 5.41) is 8.68. The van der Waals surface area contributed by atoms with Crippen LogP contribution in [0.3, 0.4) is 0 Å². The van der Waals surface area contributed by atoms with E-state index in [9.17, 15) is 9.59 Å². The second kappa shape index (κ2) is 8.83. The lowest BCUT2D eigenvalue weighted by Crippen LogP contribution is -2.35. The Morgan fingerprint density at radius 1 is 1.00 bits per heavy atom. The molecule has 0 aliphatic heterocycles. The fourth-order valence-corrected chi connectivity index (χ4v) is 4.12. The number of aromatic nitrogens is 3. The van der Waals surface area contributed by atoms with Gasteiger partial charge in [-0.25, -0.2) is 4.68 Å². The highest BCUT2D eigenvalue weighted by Crippen LogP contribution is 2.23. The summed E-state index contributed by atoms with van der Waals surface area (Å²) in [4.78, 5) is 25.8. The molecule has 1 amide bonds. The predicted octanol–water partition coefficient (Wildman–Crippen LogP) is 4.05. The third-order valence-electron chi connectivity index (χ3n) is 6.04. The van der Waals surface area contributed by atoms with Crippen molar-refractivity contribution in [2.24, 2.45) is 0 Å². The van der Waals surface area contributed by atoms with E-state index >= 15 is 0 Å². The van der Waals surface area contributed by atoms with E-state index in [1.54, 1.807) is 6.20 Å². The van der Waals surface area contributed by atoms with Crippen LogP contribution in [0.15, 0.2) is 65.6 Å². The van der Waals surface area contributed by atoms with Crippen LogP contribution in [0, 0.1) is 20.8 Å². The molecule has 1 atom stereocenters. The third kappa shape index (κ3) is 4.21. The average Bonchev–Trinajstić information content (AvgIpc) is 3.02. The Kier molecular flexibility index (Phi) is 5.95. The van der Waals surface area contributed by atoms with Crippen molar-refractivity contribution in [2.75, 3.05) is 0 Å². The number of carbonyl (C=O) groups is 1. The van der Waals surface area contributed by atoms with Gasteiger partial charge in [-0.1, -0.05) is 60.2 Å². The topological polar surface area (TPSA) is 68.9 Å². The number of carbonyl (C=O) groups excluding carboxylic acids is 1. The maximum atomic E-state index is 13.2. The van der Waals surface area contributed by atoms with Gasteiger partial charge in [0.15, 0.2) is 0 Å². The summed E-state index contributed by atoms with van der Waals surface area (Å²) < 4.78 is 3.39. The molecule has 0 spiro atoms. The highest BCUT2D eigenvalue weighted by Gasteiger charge is 2.18. The Morgan fingerprint density at radius 2 is 1.69 bits per heavy atom. The van der Waals surface area contributed by atoms with Crippen molar-refractivity contribution >= 4 is 16.7 Å². The van der Waals surface area contributed by atoms with Crippen molar-refractivity contribution in [3.8, 4) is 0 Å². The second-order valence-corrected chi connectivity index (χ2v) is 8.34. The van der Waals surface area contributed by atoms with Gasteiger partial charge in [-0.2, -0.15) is 5.10 Å². The van der Waals surface area contributed by atoms with Crippen molar-refractivity contribution < 1.29 is 4.79 Å². The molecule has 0 unspecified atom stereocenters. The molecule has 0 aliphatic rings. The van der Waals surface area contributed by atoms with Crippen molar-refractivity contribution in [3.63, 3.8) is 0 Å². The van der Waals surface area contributed by atoms with Gasteiger partial charge >= 0.3 is 0 Å². The molecule has 0 radical (unpaired) electrons. The standard InChI is InChI=1S/C26H28N4O2/c1-17-10-12-21(13-11-17)15-29-19(3)23-14-27-30(26(32)25(23)20(29)4)16-24(31)28-18(2)22-8-6-5-7-9-22/h5-14,18H,15-16H2,1-4H3,(H,28,31)/t18-/m1/s1. The zero-order chi connectivity index (χ0) is 22.8. The minimum Gasteiger partial charge on any atom is -0.348 e. The number of hydrogen-bond donors (Lipinski definition) is 1. The molecule has 2 aromatic carbocycles. The zero-order valence-corrected chi connectivity index (χ0v) is 18.9. The lowest BCUT2D eigenvalue weighted by atomic mass is 10.1. The van der Waals surface area contributed by atoms with E-state index in [0.717, 1.165) is 22.3 Å². The van der Waals surface area contributed by atoms with Gasteiger partial charge in [0.1, 0.15) is 6.54 Å². The van der Waals surface area contributed by atoms with Crippen molar-refractivity contribution in [1.82, 2.24) is 19.7 Å². The molecule has 0 bridgehead atoms. The first kappa shape index (κ1) is 21.6. The molecule has 6 nitrogen and oxygen atoms in total. The smallest absolute Gasteiger partial charge is 0.276 e. The molecule has 2 heterocycles. The number of benzene rings is 2. The molecule has 0 saturated heterocycles. The van der Waals surface area contributed by atoms with Crippen LogP contribution in [0.4, 0.5) is 0 Å². The van der Waals surface area contributed by atoms with Crippen LogP contribution < -0.4 is 10.9 Å². The molecule has 0 fully saturated rings. The SMILES string of the molecule is Cc1ccc(Cn2c(C)c3cnn(CC(=O)N[C@H](C)c4ccccc4)c(=O)c3c2C)cc1. The number of nitrogens with zero attached hydrogens (tertiary/aromatic N) is 3. The lowest BCUT2D eigenvalue weighted by molar-refractivity contribution is -0.122. The second-order valence-electron chi connectivity index (χ2n) is 8.34. The third-order valence-corrected chi connectivity index (χ3v) is 6.04. The maximum Gasteiger partial charge on any atom is 0.276 e. The van der Waals surface area contributed by atoms with E-state index < -0.39 is 0 Å². The molecule has 4 aromatic rings. The molecule has 2 aromatic heterocycles. The summed E-state index contributed by atoms with van der Waals surface area (Å²) in [6, 6.07) is 18.0. The monoisotopic (exact) mass is 428 g/mol. The van der Waals surface area contributed by atoms with Gasteiger partial charge in [-0.3, -0.25) is 9.59 Å². The molecule has 0 aliphatic carbocycles. The quantitative estimate of drug-likeness (QED) is 0.504. The van der Waals surface area contributed by atoms with E-state index in [2.05, 4.69) is 46.2 Å². The summed E-state index contributed by atoms with van der Waals surface area (Å²) in [6.07, 6.45) is 1.69. The molecular weight excluding hydrogens is 400 g/mol. The van der Waals surface area contributed by atoms with Crippen molar-refractivity contribution in [2.45, 2.75) is 46.8 Å². The average molecular weight is 429 g/mol. The normalized spacial score (nSPS) is 12.1. The van der Waals surface area contributed by atoms with Gasteiger partial charge in [-0.05, 0) is 38.8 Å². The van der Waals surface area contributed by atoms with Crippen LogP contribution in [0.1, 0.15) is 41.0 Å². The molecule has 0 saturated carbocycles. The van der Waals surface area contributed by atoms with Gasteiger partial charge in [0.2, 0.25) is 5.91 Å². The molecule has 164 valence electrons. The van der Waals surface area contributed by atoms with Crippen LogP contribution in [0.2, 0.25) is 0 Å². The maximum absolute atomic E-state index is 13.2. The van der Waals surface area contributed by atoms with Crippen LogP contribution in [0.5, 0.6) is 0 Å². The van der Waals surface area contributed by atoms with E-state index in [-0.39, 0.29) is 24.1 Å². The summed E-state index contributed by atoms with van der Waals surface area (Å²) >= 11 is 0. The summed E-state index contributed by atoms with van der Waals surface area (Å²) in [7, 11) is 0. The van der Waals surface area contributed by atoms with Crippen molar-refractivity contribution in [3.05, 3.63) is 99.2 Å². The van der Waals surface area contributed by atoms with E-state index in [1.807, 2.05) is 51.1 Å². The van der Waals surface area contributed by atoms with Gasteiger partial charge in [0.05, 0.1) is 17.6 Å². The first-order valence-corrected chi connectivity index (χ1v) is 10.8. The number of rotatable bonds is 6. The van der Waals surface area contributed by atoms with Gasteiger partial charge in [0, 0.05) is 23.3 Å². The van der Waals surface area contributed by atoms with Crippen LogP contribution in [-0.2, 0) is 17.9 Å². The van der Waals surface area contributed by atoms with Crippen molar-refractivity contribution in [1.29, 1.82) is 0 Å². The van der Waals surface area contributed by atoms with E-state index in [1.165, 1.54) is 15.8 Å². The predicted molar refractivity (Wildman–Crippen MR) is 127 cm³/mol. The fraction of sp³-hybridized carbons (Fsp3) is 0.269. The fourth-order valence-electron chi connectivity index (χ4n) is 4.12. The summed E-state index contributed by atoms with van der Waals surface area (Å²) in [6.45, 7) is 8.51. The number of fused-ring (bicyclic) bond motifs is 1. The first-order valence-electron chi connectivity index (χ1n) is 10.8. The van der Waals surface area contributed by atoms with E-state index in [0.29, 0.717) is 11.9 Å². The minimum atomic E-state index is -0.247. The molecule has 6 heteroatoms. The largest absolute Gasteiger partial charge is 0.348 e. The zero-order valence-electron chi connectivity index (χ0n) is 18.9. The number of hydrogen-bond acceptors (Lipinski definition) is 3. The lowest BCUT2D eigenvalue weighted by Gasteiger charge is -2.14. The molecule has 32 heavy (non-hydrogen) atoms. The Bertz CT molecular complexity index is 1320. The highest BCUT2D eigenvalue weighted by atomic mass is 16.2. The molecule has 1 N–H and O–H groups in total. The van der Waals surface area contributed by atoms with Crippen LogP contribution in [0.25, 0.3) is 10.8 Å². The van der Waals surface area contributed by atoms with Crippen LogP contribution in [-0.4, -0.2) is 20.3 Å². The Hall–Kier alpha value is -3.67. The van der Waals surface area contributed by atoms with Gasteiger partial charge in [0.25, 0.3) is 5.56 Å². The summed E-state index contributed by atoms with van der Waals surface area (Å²) in [5.41, 5.74) is 5.04. The van der Waals surface area contributed by atoms with Gasteiger partial charge < -0.3 is 9.88 Å². The highest BCUT2D eigenvalue weighted by molar-refractivity contribution is 5.87. The molecular formula is C26H28N4O2. The van der Waals surface area contributed by atoms with Crippen LogP contribution >= 0.6 is 0 Å². The number of amides is 1. The summed E-state index contributed by atoms with van der Waals surface area (Å²) in [5.74, 6) is -0.247. The number of aryl methyl sites for hydroxylation is 3. The van der Waals surface area contributed by atoms with E-state index in [4.69, 9.17) is 0 Å². The Morgan fingerprint density at radius 3 is 2.38 bits per heavy atom. The van der Waals surface area contributed by atoms with Gasteiger partial charge in [-0.15, -0.1) is 0 Å². The number of nitrogens with one attached hydrogen (secondary N) is 1. The Balaban J connectivity index is 1.59. The molecule has 4 rings (SSSR count). The minimum absolute atomic E-state index is 0.117.